The summed E-state index contributed by atoms with van der Waals surface area (Å²) in [6, 6.07) is 16.4. The number of para-hydroxylation sites is 1. The normalized spacial score (nSPS) is 22.4. The number of fused-ring (bicyclic) bond motifs is 2. The summed E-state index contributed by atoms with van der Waals surface area (Å²) in [6.45, 7) is 0.658. The third-order valence-corrected chi connectivity index (χ3v) is 6.87. The zero-order chi connectivity index (χ0) is 18.9. The zero-order valence-electron chi connectivity index (χ0n) is 14.8. The van der Waals surface area contributed by atoms with E-state index in [1.165, 1.54) is 4.31 Å². The number of rotatable bonds is 5. The Morgan fingerprint density at radius 2 is 1.81 bits per heavy atom. The number of ether oxygens (including phenoxy) is 2. The molecule has 2 aliphatic heterocycles. The smallest absolute Gasteiger partial charge is 0.339 e. The maximum atomic E-state index is 12.8. The monoisotopic (exact) mass is 387 g/mol. The number of hydrogen-bond donors (Lipinski definition) is 0. The van der Waals surface area contributed by atoms with E-state index in [4.69, 9.17) is 9.47 Å². The number of carbonyl (C=O) groups is 1. The van der Waals surface area contributed by atoms with Crippen LogP contribution in [0.4, 0.5) is 0 Å². The van der Waals surface area contributed by atoms with Crippen molar-refractivity contribution in [2.45, 2.75) is 18.4 Å². The molecule has 0 saturated carbocycles. The molecule has 2 aromatic rings. The molecule has 4 rings (SSSR count). The molecule has 7 heteroatoms. The number of sulfonamides is 1. The van der Waals surface area contributed by atoms with Crippen LogP contribution in [0.2, 0.25) is 0 Å². The molecule has 0 aromatic heterocycles. The molecule has 1 unspecified atom stereocenters. The number of piperidine rings is 1. The van der Waals surface area contributed by atoms with E-state index in [0.717, 1.165) is 5.56 Å². The van der Waals surface area contributed by atoms with Crippen molar-refractivity contribution < 1.29 is 22.7 Å². The Kier molecular flexibility index (Phi) is 4.65. The van der Waals surface area contributed by atoms with Crippen molar-refractivity contribution >= 4 is 16.0 Å². The van der Waals surface area contributed by atoms with Gasteiger partial charge >= 0.3 is 5.97 Å². The lowest BCUT2D eigenvalue weighted by molar-refractivity contribution is -0.0345. The second-order valence-corrected chi connectivity index (χ2v) is 8.93. The average molecular weight is 387 g/mol. The first kappa shape index (κ1) is 18.0. The first-order valence-corrected chi connectivity index (χ1v) is 10.6. The van der Waals surface area contributed by atoms with Crippen LogP contribution in [0.1, 0.15) is 28.8 Å². The van der Waals surface area contributed by atoms with Crippen molar-refractivity contribution in [1.82, 2.24) is 4.31 Å². The number of esters is 1. The van der Waals surface area contributed by atoms with E-state index in [1.807, 2.05) is 30.3 Å². The standard InChI is InChI=1S/C20H21NO5S/c22-19-17-9-4-5-10-18(17)20(26-19)11-6-12-21(15-20)27(23,24)14-13-25-16-7-2-1-3-8-16/h1-5,7-10H,6,11-15H2. The summed E-state index contributed by atoms with van der Waals surface area (Å²) in [7, 11) is -3.52. The Balaban J connectivity index is 1.47. The van der Waals surface area contributed by atoms with E-state index in [-0.39, 0.29) is 24.9 Å². The van der Waals surface area contributed by atoms with Gasteiger partial charge in [0, 0.05) is 12.1 Å². The predicted octanol–water partition coefficient (Wildman–Crippen LogP) is 2.56. The maximum absolute atomic E-state index is 12.8. The molecular weight excluding hydrogens is 366 g/mol. The summed E-state index contributed by atoms with van der Waals surface area (Å²) in [5.41, 5.74) is 0.443. The average Bonchev–Trinajstić information content (AvgIpc) is 2.94. The van der Waals surface area contributed by atoms with Crippen LogP contribution in [-0.4, -0.2) is 44.1 Å². The fourth-order valence-corrected chi connectivity index (χ4v) is 5.15. The molecule has 0 aliphatic carbocycles. The minimum atomic E-state index is -3.52. The molecule has 142 valence electrons. The molecule has 0 bridgehead atoms. The highest BCUT2D eigenvalue weighted by Crippen LogP contribution is 2.43. The van der Waals surface area contributed by atoms with Crippen molar-refractivity contribution in [3.8, 4) is 5.75 Å². The van der Waals surface area contributed by atoms with Crippen LogP contribution in [0.3, 0.4) is 0 Å². The Labute approximate surface area is 158 Å². The molecular formula is C20H21NO5S. The second-order valence-electron chi connectivity index (χ2n) is 6.84. The maximum Gasteiger partial charge on any atom is 0.339 e. The van der Waals surface area contributed by atoms with Crippen LogP contribution < -0.4 is 4.74 Å². The van der Waals surface area contributed by atoms with Crippen molar-refractivity contribution in [3.05, 3.63) is 65.7 Å². The van der Waals surface area contributed by atoms with Gasteiger partial charge in [-0.15, -0.1) is 0 Å². The topological polar surface area (TPSA) is 72.9 Å². The molecule has 27 heavy (non-hydrogen) atoms. The van der Waals surface area contributed by atoms with Gasteiger partial charge in [0.05, 0.1) is 17.9 Å². The van der Waals surface area contributed by atoms with Gasteiger partial charge in [-0.25, -0.2) is 13.2 Å². The fourth-order valence-electron chi connectivity index (χ4n) is 3.78. The Bertz CT molecular complexity index is 944. The quantitative estimate of drug-likeness (QED) is 0.738. The molecule has 6 nitrogen and oxygen atoms in total. The van der Waals surface area contributed by atoms with Crippen LogP contribution in [0.5, 0.6) is 5.75 Å². The van der Waals surface area contributed by atoms with E-state index < -0.39 is 15.6 Å². The summed E-state index contributed by atoms with van der Waals surface area (Å²) in [4.78, 5) is 12.2. The zero-order valence-corrected chi connectivity index (χ0v) is 15.7. The molecule has 1 saturated heterocycles. The summed E-state index contributed by atoms with van der Waals surface area (Å²) in [6.07, 6.45) is 1.27. The Hall–Kier alpha value is -2.38. The minimum absolute atomic E-state index is 0.0756. The summed E-state index contributed by atoms with van der Waals surface area (Å²) in [5.74, 6) is 0.145. The lowest BCUT2D eigenvalue weighted by atomic mass is 9.86. The van der Waals surface area contributed by atoms with Crippen LogP contribution in [-0.2, 0) is 20.4 Å². The van der Waals surface area contributed by atoms with Gasteiger partial charge in [-0.05, 0) is 31.0 Å². The van der Waals surface area contributed by atoms with Crippen LogP contribution >= 0.6 is 0 Å². The molecule has 2 heterocycles. The highest BCUT2D eigenvalue weighted by Gasteiger charge is 2.49. The number of hydrogen-bond acceptors (Lipinski definition) is 5. The Morgan fingerprint density at radius 3 is 2.63 bits per heavy atom. The second kappa shape index (κ2) is 6.98. The van der Waals surface area contributed by atoms with Crippen molar-refractivity contribution in [3.63, 3.8) is 0 Å². The van der Waals surface area contributed by atoms with E-state index in [0.29, 0.717) is 30.7 Å². The van der Waals surface area contributed by atoms with Crippen molar-refractivity contribution in [1.29, 1.82) is 0 Å². The molecule has 0 radical (unpaired) electrons. The first-order valence-electron chi connectivity index (χ1n) is 8.99. The van der Waals surface area contributed by atoms with Gasteiger partial charge in [-0.1, -0.05) is 36.4 Å². The number of carbonyl (C=O) groups excluding carboxylic acids is 1. The van der Waals surface area contributed by atoms with Gasteiger partial charge in [-0.2, -0.15) is 4.31 Å². The van der Waals surface area contributed by atoms with Gasteiger partial charge in [0.2, 0.25) is 10.0 Å². The molecule has 1 fully saturated rings. The van der Waals surface area contributed by atoms with E-state index in [2.05, 4.69) is 0 Å². The summed E-state index contributed by atoms with van der Waals surface area (Å²) < 4.78 is 38.3. The summed E-state index contributed by atoms with van der Waals surface area (Å²) >= 11 is 0. The van der Waals surface area contributed by atoms with Gasteiger partial charge in [-0.3, -0.25) is 0 Å². The van der Waals surface area contributed by atoms with Gasteiger partial charge in [0.15, 0.2) is 5.60 Å². The Morgan fingerprint density at radius 1 is 1.07 bits per heavy atom. The van der Waals surface area contributed by atoms with Crippen LogP contribution in [0.25, 0.3) is 0 Å². The molecule has 0 N–H and O–H groups in total. The minimum Gasteiger partial charge on any atom is -0.492 e. The molecule has 2 aromatic carbocycles. The fraction of sp³-hybridized carbons (Fsp3) is 0.350. The largest absolute Gasteiger partial charge is 0.492 e. The highest BCUT2D eigenvalue weighted by molar-refractivity contribution is 7.89. The number of benzene rings is 2. The summed E-state index contributed by atoms with van der Waals surface area (Å²) in [5, 5.41) is 0. The molecule has 1 spiro atoms. The third kappa shape index (κ3) is 3.44. The third-order valence-electron chi connectivity index (χ3n) is 5.09. The SMILES string of the molecule is O=C1OC2(CCCN(S(=O)(=O)CCOc3ccccc3)C2)c2ccccc21. The lowest BCUT2D eigenvalue weighted by Gasteiger charge is -2.38. The first-order chi connectivity index (χ1) is 13.0. The van der Waals surface area contributed by atoms with Crippen LogP contribution in [0.15, 0.2) is 54.6 Å². The molecule has 1 atom stereocenters. The van der Waals surface area contributed by atoms with Gasteiger partial charge in [0.1, 0.15) is 12.4 Å². The van der Waals surface area contributed by atoms with Gasteiger partial charge in [0.25, 0.3) is 0 Å². The predicted molar refractivity (Wildman–Crippen MR) is 100 cm³/mol. The van der Waals surface area contributed by atoms with Crippen LogP contribution in [0, 0.1) is 0 Å². The molecule has 0 amide bonds. The van der Waals surface area contributed by atoms with E-state index in [9.17, 15) is 13.2 Å². The lowest BCUT2D eigenvalue weighted by Crippen LogP contribution is -2.49. The van der Waals surface area contributed by atoms with Crippen molar-refractivity contribution in [2.24, 2.45) is 0 Å². The van der Waals surface area contributed by atoms with Gasteiger partial charge < -0.3 is 9.47 Å². The van der Waals surface area contributed by atoms with E-state index >= 15 is 0 Å². The van der Waals surface area contributed by atoms with E-state index in [1.54, 1.807) is 24.3 Å². The molecule has 2 aliphatic rings. The highest BCUT2D eigenvalue weighted by atomic mass is 32.2. The number of nitrogens with zero attached hydrogens (tertiary/aromatic N) is 1. The van der Waals surface area contributed by atoms with Crippen molar-refractivity contribution in [2.75, 3.05) is 25.4 Å².